The van der Waals surface area contributed by atoms with Gasteiger partial charge in [-0.1, -0.05) is 90.0 Å². The highest BCUT2D eigenvalue weighted by Gasteiger charge is 2.33. The van der Waals surface area contributed by atoms with E-state index < -0.39 is 28.5 Å². The van der Waals surface area contributed by atoms with E-state index in [0.717, 1.165) is 53.1 Å². The van der Waals surface area contributed by atoms with E-state index >= 15 is 0 Å². The second-order valence-electron chi connectivity index (χ2n) is 11.0. The Kier molecular flexibility index (Phi) is 10.6. The van der Waals surface area contributed by atoms with Crippen LogP contribution in [0.2, 0.25) is 10.0 Å². The van der Waals surface area contributed by atoms with Crippen molar-refractivity contribution in [2.45, 2.75) is 76.4 Å². The van der Waals surface area contributed by atoms with Crippen LogP contribution in [0, 0.1) is 13.8 Å². The number of sulfonamides is 1. The van der Waals surface area contributed by atoms with Gasteiger partial charge in [0.1, 0.15) is 12.6 Å². The molecule has 0 heterocycles. The third-order valence-electron chi connectivity index (χ3n) is 7.58. The predicted octanol–water partition coefficient (Wildman–Crippen LogP) is 6.67. The van der Waals surface area contributed by atoms with Crippen LogP contribution in [-0.2, 0) is 26.2 Å². The molecule has 0 aromatic heterocycles. The molecule has 10 heteroatoms. The summed E-state index contributed by atoms with van der Waals surface area (Å²) in [6, 6.07) is 17.7. The van der Waals surface area contributed by atoms with Gasteiger partial charge in [-0.3, -0.25) is 13.9 Å². The zero-order valence-corrected chi connectivity index (χ0v) is 26.5. The van der Waals surface area contributed by atoms with E-state index in [-0.39, 0.29) is 39.1 Å². The summed E-state index contributed by atoms with van der Waals surface area (Å²) in [5.41, 5.74) is 2.89. The number of hydrogen-bond donors (Lipinski definition) is 1. The van der Waals surface area contributed by atoms with Crippen molar-refractivity contribution in [3.8, 4) is 0 Å². The summed E-state index contributed by atoms with van der Waals surface area (Å²) in [6.07, 6.45) is 5.07. The molecule has 0 radical (unpaired) electrons. The molecule has 0 spiro atoms. The van der Waals surface area contributed by atoms with Crippen LogP contribution < -0.4 is 9.62 Å². The van der Waals surface area contributed by atoms with Gasteiger partial charge in [-0.15, -0.1) is 0 Å². The second-order valence-corrected chi connectivity index (χ2v) is 13.7. The Labute approximate surface area is 258 Å². The fraction of sp³-hybridized carbons (Fsp3) is 0.375. The maximum absolute atomic E-state index is 14.1. The van der Waals surface area contributed by atoms with Crippen molar-refractivity contribution < 1.29 is 18.0 Å². The van der Waals surface area contributed by atoms with Gasteiger partial charge >= 0.3 is 0 Å². The molecular formula is C32H37Cl2N3O4S. The molecular weight excluding hydrogens is 593 g/mol. The fourth-order valence-electron chi connectivity index (χ4n) is 5.21. The fourth-order valence-corrected chi connectivity index (χ4v) is 7.12. The van der Waals surface area contributed by atoms with Gasteiger partial charge in [0.15, 0.2) is 0 Å². The average Bonchev–Trinajstić information content (AvgIpc) is 2.94. The van der Waals surface area contributed by atoms with Gasteiger partial charge in [-0.25, -0.2) is 8.42 Å². The Morgan fingerprint density at radius 1 is 0.905 bits per heavy atom. The topological polar surface area (TPSA) is 86.8 Å². The number of amides is 2. The van der Waals surface area contributed by atoms with E-state index in [1.807, 2.05) is 38.1 Å². The van der Waals surface area contributed by atoms with E-state index in [9.17, 15) is 18.0 Å². The number of hydrogen-bond acceptors (Lipinski definition) is 4. The summed E-state index contributed by atoms with van der Waals surface area (Å²) in [6.45, 7) is 5.07. The molecule has 2 amide bonds. The minimum absolute atomic E-state index is 0.0188. The van der Waals surface area contributed by atoms with Gasteiger partial charge in [0.2, 0.25) is 11.8 Å². The van der Waals surface area contributed by atoms with E-state index in [0.29, 0.717) is 0 Å². The van der Waals surface area contributed by atoms with Gasteiger partial charge in [-0.05, 0) is 69.5 Å². The quantitative estimate of drug-likeness (QED) is 0.271. The molecule has 1 fully saturated rings. The van der Waals surface area contributed by atoms with Crippen LogP contribution in [0.3, 0.4) is 0 Å². The first-order chi connectivity index (χ1) is 19.9. The van der Waals surface area contributed by atoms with Gasteiger partial charge in [0.05, 0.1) is 10.6 Å². The molecule has 3 aromatic rings. The number of halogens is 2. The normalized spacial score (nSPS) is 14.7. The van der Waals surface area contributed by atoms with Gasteiger partial charge < -0.3 is 10.2 Å². The van der Waals surface area contributed by atoms with Crippen LogP contribution in [0.25, 0.3) is 0 Å². The lowest BCUT2D eigenvalue weighted by molar-refractivity contribution is -0.139. The summed E-state index contributed by atoms with van der Waals surface area (Å²) in [5, 5.41) is 3.57. The van der Waals surface area contributed by atoms with Crippen molar-refractivity contribution in [2.24, 2.45) is 0 Å². The number of aryl methyl sites for hydroxylation is 2. The average molecular weight is 631 g/mol. The Bertz CT molecular complexity index is 1500. The molecule has 7 nitrogen and oxygen atoms in total. The van der Waals surface area contributed by atoms with Crippen molar-refractivity contribution >= 4 is 50.7 Å². The highest BCUT2D eigenvalue weighted by molar-refractivity contribution is 7.92. The van der Waals surface area contributed by atoms with Crippen molar-refractivity contribution in [3.63, 3.8) is 0 Å². The molecule has 0 unspecified atom stereocenters. The van der Waals surface area contributed by atoms with Crippen LogP contribution in [0.5, 0.6) is 0 Å². The lowest BCUT2D eigenvalue weighted by Crippen LogP contribution is -2.53. The number of benzene rings is 3. The summed E-state index contributed by atoms with van der Waals surface area (Å²) >= 11 is 12.5. The minimum atomic E-state index is -4.21. The summed E-state index contributed by atoms with van der Waals surface area (Å²) in [7, 11) is -4.21. The Hall–Kier alpha value is -3.07. The molecule has 1 saturated carbocycles. The van der Waals surface area contributed by atoms with E-state index in [2.05, 4.69) is 5.32 Å². The van der Waals surface area contributed by atoms with Crippen molar-refractivity contribution in [1.82, 2.24) is 10.2 Å². The summed E-state index contributed by atoms with van der Waals surface area (Å²) < 4.78 is 29.0. The molecule has 4 rings (SSSR count). The predicted molar refractivity (Wildman–Crippen MR) is 168 cm³/mol. The molecule has 1 aliphatic carbocycles. The monoisotopic (exact) mass is 629 g/mol. The van der Waals surface area contributed by atoms with Crippen LogP contribution >= 0.6 is 23.2 Å². The minimum Gasteiger partial charge on any atom is -0.352 e. The van der Waals surface area contributed by atoms with E-state index in [4.69, 9.17) is 23.2 Å². The zero-order valence-electron chi connectivity index (χ0n) is 24.1. The maximum Gasteiger partial charge on any atom is 0.264 e. The summed E-state index contributed by atoms with van der Waals surface area (Å²) in [5.74, 6) is -0.795. The molecule has 1 atom stereocenters. The number of carbonyl (C=O) groups excluding carboxylic acids is 2. The van der Waals surface area contributed by atoms with Gasteiger partial charge in [0, 0.05) is 22.6 Å². The smallest absolute Gasteiger partial charge is 0.264 e. The van der Waals surface area contributed by atoms with Crippen LogP contribution in [0.4, 0.5) is 5.69 Å². The third kappa shape index (κ3) is 8.06. The summed E-state index contributed by atoms with van der Waals surface area (Å²) in [4.78, 5) is 29.0. The maximum atomic E-state index is 14.1. The number of rotatable bonds is 10. The standard InChI is InChI=1S/C32H37Cl2N3O4S/c1-22-12-14-30(15-13-22)42(40,41)37(29-18-26(33)17-27(34)19-29)21-31(38)36(20-25-9-7-8-23(2)16-25)24(3)32(39)35-28-10-5-4-6-11-28/h7-9,12-19,24,28H,4-6,10-11,20-21H2,1-3H3,(H,35,39)/t24-/m0/s1. The van der Waals surface area contributed by atoms with Crippen molar-refractivity contribution in [3.05, 3.63) is 93.5 Å². The van der Waals surface area contributed by atoms with Gasteiger partial charge in [0.25, 0.3) is 10.0 Å². The Morgan fingerprint density at radius 3 is 2.17 bits per heavy atom. The van der Waals surface area contributed by atoms with Gasteiger partial charge in [-0.2, -0.15) is 0 Å². The van der Waals surface area contributed by atoms with Crippen LogP contribution in [-0.4, -0.2) is 43.8 Å². The molecule has 3 aromatic carbocycles. The number of nitrogens with one attached hydrogen (secondary N) is 1. The van der Waals surface area contributed by atoms with Crippen LogP contribution in [0.15, 0.2) is 71.6 Å². The lowest BCUT2D eigenvalue weighted by Gasteiger charge is -2.33. The molecule has 224 valence electrons. The molecule has 0 bridgehead atoms. The number of anilines is 1. The third-order valence-corrected chi connectivity index (χ3v) is 9.80. The highest BCUT2D eigenvalue weighted by atomic mass is 35.5. The Morgan fingerprint density at radius 2 is 1.55 bits per heavy atom. The second kappa shape index (κ2) is 13.9. The number of nitrogens with zero attached hydrogens (tertiary/aromatic N) is 2. The zero-order chi connectivity index (χ0) is 30.4. The Balaban J connectivity index is 1.70. The lowest BCUT2D eigenvalue weighted by atomic mass is 9.95. The molecule has 0 aliphatic heterocycles. The van der Waals surface area contributed by atoms with Crippen molar-refractivity contribution in [2.75, 3.05) is 10.8 Å². The van der Waals surface area contributed by atoms with E-state index in [1.165, 1.54) is 35.2 Å². The number of carbonyl (C=O) groups is 2. The first kappa shape index (κ1) is 31.9. The molecule has 1 N–H and O–H groups in total. The first-order valence-electron chi connectivity index (χ1n) is 14.1. The molecule has 0 saturated heterocycles. The molecule has 42 heavy (non-hydrogen) atoms. The van der Waals surface area contributed by atoms with Crippen molar-refractivity contribution in [1.29, 1.82) is 0 Å². The molecule has 1 aliphatic rings. The SMILES string of the molecule is Cc1ccc(S(=O)(=O)N(CC(=O)N(Cc2cccc(C)c2)[C@@H](C)C(=O)NC2CCCCC2)c2cc(Cl)cc(Cl)c2)cc1. The largest absolute Gasteiger partial charge is 0.352 e. The van der Waals surface area contributed by atoms with E-state index in [1.54, 1.807) is 19.1 Å². The first-order valence-corrected chi connectivity index (χ1v) is 16.3. The highest BCUT2D eigenvalue weighted by Crippen LogP contribution is 2.30. The van der Waals surface area contributed by atoms with Crippen LogP contribution in [0.1, 0.15) is 55.7 Å².